The van der Waals surface area contributed by atoms with Crippen LogP contribution >= 0.6 is 0 Å². The van der Waals surface area contributed by atoms with Gasteiger partial charge in [-0.3, -0.25) is 4.79 Å². The lowest BCUT2D eigenvalue weighted by molar-refractivity contribution is -0.138. The van der Waals surface area contributed by atoms with Gasteiger partial charge >= 0.3 is 5.97 Å². The highest BCUT2D eigenvalue weighted by molar-refractivity contribution is 5.98. The maximum absolute atomic E-state index is 11.2. The lowest BCUT2D eigenvalue weighted by atomic mass is 10.1. The molecule has 1 aromatic rings. The summed E-state index contributed by atoms with van der Waals surface area (Å²) < 4.78 is 0. The number of nitrogens with one attached hydrogen (secondary N) is 1. The number of carboxylic acids is 1. The quantitative estimate of drug-likeness (QED) is 0.676. The Labute approximate surface area is 105 Å². The highest BCUT2D eigenvalue weighted by Gasteiger charge is 2.19. The summed E-state index contributed by atoms with van der Waals surface area (Å²) in [6.07, 6.45) is 3.63. The standard InChI is InChI=1S/C12H17N3O3/c1-2-3-6-9(12(17)18)15-11-8(10(13)16)5-4-7-14-11/h4-5,7,9H,2-3,6H2,1H3,(H2,13,16)(H,14,15)(H,17,18). The van der Waals surface area contributed by atoms with Gasteiger partial charge in [-0.15, -0.1) is 0 Å². The molecule has 1 amide bonds. The third-order valence-electron chi connectivity index (χ3n) is 2.53. The first-order valence-electron chi connectivity index (χ1n) is 5.80. The number of carbonyl (C=O) groups excluding carboxylic acids is 1. The van der Waals surface area contributed by atoms with E-state index in [1.54, 1.807) is 6.07 Å². The maximum atomic E-state index is 11.2. The van der Waals surface area contributed by atoms with Crippen molar-refractivity contribution in [1.82, 2.24) is 4.98 Å². The normalized spacial score (nSPS) is 11.8. The minimum absolute atomic E-state index is 0.195. The summed E-state index contributed by atoms with van der Waals surface area (Å²) in [6, 6.07) is 2.32. The molecule has 1 unspecified atom stereocenters. The number of carbonyl (C=O) groups is 2. The van der Waals surface area contributed by atoms with E-state index in [0.717, 1.165) is 12.8 Å². The fraction of sp³-hybridized carbons (Fsp3) is 0.417. The van der Waals surface area contributed by atoms with Crippen molar-refractivity contribution in [3.05, 3.63) is 23.9 Å². The molecule has 1 aromatic heterocycles. The van der Waals surface area contributed by atoms with Gasteiger partial charge in [0.05, 0.1) is 5.56 Å². The first kappa shape index (κ1) is 14.0. The number of nitrogens with zero attached hydrogens (tertiary/aromatic N) is 1. The smallest absolute Gasteiger partial charge is 0.326 e. The van der Waals surface area contributed by atoms with E-state index >= 15 is 0 Å². The Bertz CT molecular complexity index is 434. The van der Waals surface area contributed by atoms with Gasteiger partial charge < -0.3 is 16.2 Å². The molecule has 18 heavy (non-hydrogen) atoms. The van der Waals surface area contributed by atoms with E-state index < -0.39 is 17.9 Å². The molecule has 0 saturated carbocycles. The van der Waals surface area contributed by atoms with Crippen LogP contribution in [0.2, 0.25) is 0 Å². The topological polar surface area (TPSA) is 105 Å². The number of primary amides is 1. The number of unbranched alkanes of at least 4 members (excludes halogenated alkanes) is 1. The molecule has 0 saturated heterocycles. The predicted molar refractivity (Wildman–Crippen MR) is 67.3 cm³/mol. The molecule has 6 heteroatoms. The van der Waals surface area contributed by atoms with Crippen LogP contribution in [0.3, 0.4) is 0 Å². The minimum atomic E-state index is -0.968. The van der Waals surface area contributed by atoms with Gasteiger partial charge in [-0.1, -0.05) is 19.8 Å². The number of nitrogens with two attached hydrogens (primary N) is 1. The van der Waals surface area contributed by atoms with Crippen LogP contribution in [-0.4, -0.2) is 28.0 Å². The number of rotatable bonds is 7. The summed E-state index contributed by atoms with van der Waals surface area (Å²) in [5.41, 5.74) is 5.39. The average molecular weight is 251 g/mol. The van der Waals surface area contributed by atoms with Crippen LogP contribution in [0.5, 0.6) is 0 Å². The Morgan fingerprint density at radius 3 is 2.83 bits per heavy atom. The summed E-state index contributed by atoms with van der Waals surface area (Å²) >= 11 is 0. The second-order valence-corrected chi connectivity index (χ2v) is 3.94. The number of hydrogen-bond acceptors (Lipinski definition) is 4. The van der Waals surface area contributed by atoms with E-state index in [9.17, 15) is 9.59 Å². The van der Waals surface area contributed by atoms with Gasteiger partial charge in [0.2, 0.25) is 0 Å². The lowest BCUT2D eigenvalue weighted by Crippen LogP contribution is -2.31. The fourth-order valence-electron chi connectivity index (χ4n) is 1.55. The number of aliphatic carboxylic acids is 1. The Balaban J connectivity index is 2.86. The Morgan fingerprint density at radius 2 is 2.28 bits per heavy atom. The number of carboxylic acid groups (broad SMARTS) is 1. The number of anilines is 1. The van der Waals surface area contributed by atoms with Gasteiger partial charge in [0.1, 0.15) is 11.9 Å². The van der Waals surface area contributed by atoms with Gasteiger partial charge in [0, 0.05) is 6.20 Å². The molecule has 0 aliphatic carbocycles. The molecule has 0 spiro atoms. The van der Waals surface area contributed by atoms with E-state index in [0.29, 0.717) is 6.42 Å². The fourth-order valence-corrected chi connectivity index (χ4v) is 1.55. The van der Waals surface area contributed by atoms with Crippen molar-refractivity contribution in [2.45, 2.75) is 32.2 Å². The van der Waals surface area contributed by atoms with Crippen LogP contribution < -0.4 is 11.1 Å². The Morgan fingerprint density at radius 1 is 1.56 bits per heavy atom. The van der Waals surface area contributed by atoms with E-state index in [1.807, 2.05) is 6.92 Å². The summed E-state index contributed by atoms with van der Waals surface area (Å²) in [5, 5.41) is 11.8. The van der Waals surface area contributed by atoms with Crippen LogP contribution in [0.4, 0.5) is 5.82 Å². The molecule has 98 valence electrons. The van der Waals surface area contributed by atoms with Gasteiger partial charge in [-0.2, -0.15) is 0 Å². The molecule has 1 rings (SSSR count). The second kappa shape index (κ2) is 6.58. The number of hydrogen-bond donors (Lipinski definition) is 3. The number of amides is 1. The molecule has 4 N–H and O–H groups in total. The van der Waals surface area contributed by atoms with Crippen LogP contribution in [0.1, 0.15) is 36.5 Å². The third kappa shape index (κ3) is 3.73. The minimum Gasteiger partial charge on any atom is -0.480 e. The van der Waals surface area contributed by atoms with Crippen molar-refractivity contribution in [3.8, 4) is 0 Å². The lowest BCUT2D eigenvalue weighted by Gasteiger charge is -2.16. The maximum Gasteiger partial charge on any atom is 0.326 e. The van der Waals surface area contributed by atoms with Crippen molar-refractivity contribution in [2.24, 2.45) is 5.73 Å². The van der Waals surface area contributed by atoms with Gasteiger partial charge in [0.15, 0.2) is 0 Å². The van der Waals surface area contributed by atoms with E-state index in [2.05, 4.69) is 10.3 Å². The molecule has 0 aromatic carbocycles. The molecule has 0 fully saturated rings. The summed E-state index contributed by atoms with van der Waals surface area (Å²) in [4.78, 5) is 26.2. The van der Waals surface area contributed by atoms with Gasteiger partial charge in [0.25, 0.3) is 5.91 Å². The molecular weight excluding hydrogens is 234 g/mol. The highest BCUT2D eigenvalue weighted by Crippen LogP contribution is 2.14. The largest absolute Gasteiger partial charge is 0.480 e. The predicted octanol–water partition coefficient (Wildman–Crippen LogP) is 1.24. The first-order valence-corrected chi connectivity index (χ1v) is 5.80. The first-order chi connectivity index (χ1) is 8.56. The van der Waals surface area contributed by atoms with Crippen molar-refractivity contribution < 1.29 is 14.7 Å². The summed E-state index contributed by atoms with van der Waals surface area (Å²) in [7, 11) is 0. The van der Waals surface area contributed by atoms with Crippen LogP contribution in [0.15, 0.2) is 18.3 Å². The summed E-state index contributed by atoms with van der Waals surface area (Å²) in [5.74, 6) is -1.39. The molecule has 0 aliphatic rings. The van der Waals surface area contributed by atoms with Crippen molar-refractivity contribution in [1.29, 1.82) is 0 Å². The monoisotopic (exact) mass is 251 g/mol. The molecule has 0 aliphatic heterocycles. The van der Waals surface area contributed by atoms with Gasteiger partial charge in [-0.25, -0.2) is 9.78 Å². The zero-order valence-electron chi connectivity index (χ0n) is 10.2. The van der Waals surface area contributed by atoms with E-state index in [4.69, 9.17) is 10.8 Å². The van der Waals surface area contributed by atoms with Crippen LogP contribution in [0, 0.1) is 0 Å². The van der Waals surface area contributed by atoms with Gasteiger partial charge in [-0.05, 0) is 18.6 Å². The Kier molecular flexibility index (Phi) is 5.10. The third-order valence-corrected chi connectivity index (χ3v) is 2.53. The average Bonchev–Trinajstić information content (AvgIpc) is 2.34. The van der Waals surface area contributed by atoms with Crippen LogP contribution in [0.25, 0.3) is 0 Å². The number of aromatic nitrogens is 1. The SMILES string of the molecule is CCCCC(Nc1ncccc1C(N)=O)C(=O)O. The number of pyridine rings is 1. The Hall–Kier alpha value is -2.11. The van der Waals surface area contributed by atoms with Crippen molar-refractivity contribution in [2.75, 3.05) is 5.32 Å². The molecule has 1 atom stereocenters. The van der Waals surface area contributed by atoms with E-state index in [-0.39, 0.29) is 11.4 Å². The van der Waals surface area contributed by atoms with E-state index in [1.165, 1.54) is 12.3 Å². The molecule has 6 nitrogen and oxygen atoms in total. The molecule has 1 heterocycles. The van der Waals surface area contributed by atoms with Crippen LogP contribution in [-0.2, 0) is 4.79 Å². The molecule has 0 bridgehead atoms. The second-order valence-electron chi connectivity index (χ2n) is 3.94. The zero-order valence-corrected chi connectivity index (χ0v) is 10.2. The summed E-state index contributed by atoms with van der Waals surface area (Å²) in [6.45, 7) is 1.98. The van der Waals surface area contributed by atoms with Crippen molar-refractivity contribution >= 4 is 17.7 Å². The highest BCUT2D eigenvalue weighted by atomic mass is 16.4. The molecular formula is C12H17N3O3. The molecule has 0 radical (unpaired) electrons. The van der Waals surface area contributed by atoms with Crippen molar-refractivity contribution in [3.63, 3.8) is 0 Å². The zero-order chi connectivity index (χ0) is 13.5.